The molecular weight excluding hydrogens is 312 g/mol. The molecule has 0 atom stereocenters. The van der Waals surface area contributed by atoms with Crippen LogP contribution < -0.4 is 10.1 Å². The Morgan fingerprint density at radius 2 is 2.17 bits per heavy atom. The molecule has 1 amide bonds. The van der Waals surface area contributed by atoms with Crippen molar-refractivity contribution >= 4 is 23.1 Å². The maximum Gasteiger partial charge on any atom is 0.257 e. The smallest absolute Gasteiger partial charge is 0.257 e. The molecule has 0 radical (unpaired) electrons. The molecular formula is C16H20N4O2S. The Labute approximate surface area is 139 Å². The van der Waals surface area contributed by atoms with Crippen molar-refractivity contribution < 1.29 is 9.53 Å². The van der Waals surface area contributed by atoms with E-state index in [1.807, 2.05) is 28.7 Å². The Morgan fingerprint density at radius 1 is 1.39 bits per heavy atom. The van der Waals surface area contributed by atoms with Crippen LogP contribution in [-0.2, 0) is 0 Å². The summed E-state index contributed by atoms with van der Waals surface area (Å²) in [7, 11) is 0. The summed E-state index contributed by atoms with van der Waals surface area (Å²) in [5.41, 5.74) is 0.786. The van der Waals surface area contributed by atoms with Gasteiger partial charge in [0.05, 0.1) is 12.2 Å². The van der Waals surface area contributed by atoms with E-state index in [1.54, 1.807) is 23.7 Å². The number of hydrogen-bond acceptors (Lipinski definition) is 6. The van der Waals surface area contributed by atoms with Crippen LogP contribution in [0.2, 0.25) is 0 Å². The van der Waals surface area contributed by atoms with Crippen molar-refractivity contribution in [1.82, 2.24) is 14.9 Å². The zero-order chi connectivity index (χ0) is 16.1. The summed E-state index contributed by atoms with van der Waals surface area (Å²) in [6.45, 7) is 3.97. The first-order chi connectivity index (χ1) is 11.3. The Kier molecular flexibility index (Phi) is 5.07. The summed E-state index contributed by atoms with van der Waals surface area (Å²) in [6, 6.07) is 2.16. The van der Waals surface area contributed by atoms with E-state index in [-0.39, 0.29) is 11.9 Å². The van der Waals surface area contributed by atoms with Gasteiger partial charge < -0.3 is 15.0 Å². The van der Waals surface area contributed by atoms with Crippen molar-refractivity contribution in [3.63, 3.8) is 0 Å². The minimum absolute atomic E-state index is 0.124. The topological polar surface area (TPSA) is 67.4 Å². The highest BCUT2D eigenvalue weighted by atomic mass is 32.1. The minimum atomic E-state index is 0.124. The third-order valence-electron chi connectivity index (χ3n) is 3.84. The van der Waals surface area contributed by atoms with E-state index in [0.717, 1.165) is 31.5 Å². The lowest BCUT2D eigenvalue weighted by molar-refractivity contribution is 0.0719. The summed E-state index contributed by atoms with van der Waals surface area (Å²) < 4.78 is 5.49. The van der Waals surface area contributed by atoms with Crippen molar-refractivity contribution in [1.29, 1.82) is 0 Å². The first-order valence-electron chi connectivity index (χ1n) is 7.79. The molecule has 3 rings (SSSR count). The zero-order valence-electron chi connectivity index (χ0n) is 13.1. The molecule has 3 heterocycles. The van der Waals surface area contributed by atoms with Crippen LogP contribution in [0.1, 0.15) is 30.1 Å². The fourth-order valence-corrected chi connectivity index (χ4v) is 3.29. The molecule has 7 heteroatoms. The maximum absolute atomic E-state index is 12.3. The SMILES string of the molecule is CCOc1nccnc1NC1CCN(C(=O)c2ccsc2)CC1. The summed E-state index contributed by atoms with van der Waals surface area (Å²) in [5, 5.41) is 7.23. The summed E-state index contributed by atoms with van der Waals surface area (Å²) in [4.78, 5) is 22.8. The molecule has 0 aliphatic carbocycles. The fourth-order valence-electron chi connectivity index (χ4n) is 2.66. The number of hydrogen-bond donors (Lipinski definition) is 1. The third-order valence-corrected chi connectivity index (χ3v) is 4.52. The molecule has 0 saturated carbocycles. The number of carbonyl (C=O) groups excluding carboxylic acids is 1. The van der Waals surface area contributed by atoms with Crippen molar-refractivity contribution in [2.24, 2.45) is 0 Å². The Balaban J connectivity index is 1.56. The molecule has 6 nitrogen and oxygen atoms in total. The molecule has 2 aromatic heterocycles. The number of amides is 1. The number of nitrogens with one attached hydrogen (secondary N) is 1. The highest BCUT2D eigenvalue weighted by Gasteiger charge is 2.24. The average Bonchev–Trinajstić information content (AvgIpc) is 3.11. The predicted octanol–water partition coefficient (Wildman–Crippen LogP) is 2.65. The van der Waals surface area contributed by atoms with Gasteiger partial charge in [0.2, 0.25) is 0 Å². The molecule has 2 aromatic rings. The Morgan fingerprint density at radius 3 is 2.87 bits per heavy atom. The van der Waals surface area contributed by atoms with Gasteiger partial charge in [0.15, 0.2) is 5.82 Å². The number of anilines is 1. The second kappa shape index (κ2) is 7.41. The van der Waals surface area contributed by atoms with E-state index < -0.39 is 0 Å². The Hall–Kier alpha value is -2.15. The van der Waals surface area contributed by atoms with Crippen LogP contribution >= 0.6 is 11.3 Å². The number of rotatable bonds is 5. The van der Waals surface area contributed by atoms with Gasteiger partial charge in [-0.05, 0) is 31.2 Å². The summed E-state index contributed by atoms with van der Waals surface area (Å²) in [6.07, 6.45) is 5.05. The average molecular weight is 332 g/mol. The lowest BCUT2D eigenvalue weighted by Gasteiger charge is -2.32. The number of thiophene rings is 1. The molecule has 1 aliphatic heterocycles. The van der Waals surface area contributed by atoms with E-state index >= 15 is 0 Å². The van der Waals surface area contributed by atoms with Gasteiger partial charge in [-0.15, -0.1) is 0 Å². The number of nitrogens with zero attached hydrogens (tertiary/aromatic N) is 3. The number of carbonyl (C=O) groups is 1. The van der Waals surface area contributed by atoms with Crippen molar-refractivity contribution in [2.45, 2.75) is 25.8 Å². The molecule has 1 N–H and O–H groups in total. The van der Waals surface area contributed by atoms with Crippen molar-refractivity contribution in [3.05, 3.63) is 34.8 Å². The van der Waals surface area contributed by atoms with Crippen LogP contribution in [0.3, 0.4) is 0 Å². The van der Waals surface area contributed by atoms with Gasteiger partial charge in [0.25, 0.3) is 11.8 Å². The van der Waals surface area contributed by atoms with Crippen LogP contribution in [0.5, 0.6) is 5.88 Å². The highest BCUT2D eigenvalue weighted by molar-refractivity contribution is 7.08. The van der Waals surface area contributed by atoms with E-state index in [4.69, 9.17) is 4.74 Å². The predicted molar refractivity (Wildman–Crippen MR) is 90.1 cm³/mol. The Bertz CT molecular complexity index is 639. The fraction of sp³-hybridized carbons (Fsp3) is 0.438. The van der Waals surface area contributed by atoms with Gasteiger partial charge in [-0.3, -0.25) is 4.79 Å². The largest absolute Gasteiger partial charge is 0.475 e. The first-order valence-corrected chi connectivity index (χ1v) is 8.74. The third kappa shape index (κ3) is 3.79. The van der Waals surface area contributed by atoms with Gasteiger partial charge in [-0.25, -0.2) is 9.97 Å². The molecule has 23 heavy (non-hydrogen) atoms. The molecule has 1 saturated heterocycles. The lowest BCUT2D eigenvalue weighted by Crippen LogP contribution is -2.42. The van der Waals surface area contributed by atoms with Gasteiger partial charge in [-0.1, -0.05) is 0 Å². The molecule has 1 aliphatic rings. The van der Waals surface area contributed by atoms with Gasteiger partial charge in [0, 0.05) is 36.9 Å². The quantitative estimate of drug-likeness (QED) is 0.912. The molecule has 1 fully saturated rings. The lowest BCUT2D eigenvalue weighted by atomic mass is 10.0. The molecule has 0 aromatic carbocycles. The van der Waals surface area contributed by atoms with Crippen LogP contribution in [0, 0.1) is 0 Å². The monoisotopic (exact) mass is 332 g/mol. The molecule has 0 spiro atoms. The van der Waals surface area contributed by atoms with Crippen LogP contribution in [0.25, 0.3) is 0 Å². The highest BCUT2D eigenvalue weighted by Crippen LogP contribution is 2.22. The summed E-state index contributed by atoms with van der Waals surface area (Å²) >= 11 is 1.55. The van der Waals surface area contributed by atoms with E-state index in [1.165, 1.54) is 0 Å². The van der Waals surface area contributed by atoms with Crippen molar-refractivity contribution in [3.8, 4) is 5.88 Å². The maximum atomic E-state index is 12.3. The minimum Gasteiger partial charge on any atom is -0.475 e. The molecule has 0 unspecified atom stereocenters. The molecule has 122 valence electrons. The second-order valence-corrected chi connectivity index (χ2v) is 6.15. The number of piperidine rings is 1. The second-order valence-electron chi connectivity index (χ2n) is 5.37. The van der Waals surface area contributed by atoms with Crippen LogP contribution in [0.4, 0.5) is 5.82 Å². The summed E-state index contributed by atoms with van der Waals surface area (Å²) in [5.74, 6) is 1.34. The normalized spacial score (nSPS) is 15.4. The van der Waals surface area contributed by atoms with E-state index in [9.17, 15) is 4.79 Å². The molecule has 0 bridgehead atoms. The van der Waals surface area contributed by atoms with Crippen molar-refractivity contribution in [2.75, 3.05) is 25.0 Å². The zero-order valence-corrected chi connectivity index (χ0v) is 13.9. The van der Waals surface area contributed by atoms with Crippen LogP contribution in [-0.4, -0.2) is 46.5 Å². The standard InChI is InChI=1S/C16H20N4O2S/c1-2-22-15-14(17-6-7-18-15)19-13-3-8-20(9-4-13)16(21)12-5-10-23-11-12/h5-7,10-11,13H,2-4,8-9H2,1H3,(H,17,19). The number of likely N-dealkylation sites (tertiary alicyclic amines) is 1. The van der Waals surface area contributed by atoms with Gasteiger partial charge in [-0.2, -0.15) is 11.3 Å². The number of aromatic nitrogens is 2. The number of ether oxygens (including phenoxy) is 1. The first kappa shape index (κ1) is 15.7. The van der Waals surface area contributed by atoms with Gasteiger partial charge >= 0.3 is 0 Å². The van der Waals surface area contributed by atoms with E-state index in [2.05, 4.69) is 15.3 Å². The van der Waals surface area contributed by atoms with Gasteiger partial charge in [0.1, 0.15) is 0 Å². The van der Waals surface area contributed by atoms with Crippen LogP contribution in [0.15, 0.2) is 29.2 Å². The van der Waals surface area contributed by atoms with E-state index in [0.29, 0.717) is 18.3 Å².